The van der Waals surface area contributed by atoms with Crippen molar-refractivity contribution in [2.24, 2.45) is 0 Å². The molecule has 0 amide bonds. The fourth-order valence-electron chi connectivity index (χ4n) is 1.30. The molecule has 0 aliphatic carbocycles. The summed E-state index contributed by atoms with van der Waals surface area (Å²) in [5.41, 5.74) is 1.19. The summed E-state index contributed by atoms with van der Waals surface area (Å²) in [5, 5.41) is 4.05. The molecule has 2 aromatic rings. The lowest BCUT2D eigenvalue weighted by atomic mass is 10.2. The van der Waals surface area contributed by atoms with Crippen molar-refractivity contribution in [2.75, 3.05) is 5.32 Å². The van der Waals surface area contributed by atoms with Crippen molar-refractivity contribution < 1.29 is 0 Å². The molecule has 0 atom stereocenters. The Morgan fingerprint density at radius 2 is 1.94 bits per heavy atom. The summed E-state index contributed by atoms with van der Waals surface area (Å²) in [6.07, 6.45) is 1.78. The van der Waals surface area contributed by atoms with Gasteiger partial charge in [-0.1, -0.05) is 23.7 Å². The van der Waals surface area contributed by atoms with Gasteiger partial charge in [0.1, 0.15) is 5.82 Å². The molecule has 16 heavy (non-hydrogen) atoms. The number of nitrogens with one attached hydrogen (secondary N) is 1. The number of benzene rings is 1. The first-order valence-electron chi connectivity index (χ1n) is 4.84. The first-order chi connectivity index (χ1) is 7.75. The number of halogens is 2. The third kappa shape index (κ3) is 3.09. The maximum atomic E-state index is 5.82. The SMILES string of the molecule is Clc1ccc(CNc2ncccc2I)cc1. The lowest BCUT2D eigenvalue weighted by molar-refractivity contribution is 1.10. The van der Waals surface area contributed by atoms with Gasteiger partial charge in [0.2, 0.25) is 0 Å². The van der Waals surface area contributed by atoms with Crippen molar-refractivity contribution in [3.63, 3.8) is 0 Å². The van der Waals surface area contributed by atoms with Gasteiger partial charge in [-0.3, -0.25) is 0 Å². The van der Waals surface area contributed by atoms with E-state index in [9.17, 15) is 0 Å². The Balaban J connectivity index is 2.02. The molecule has 1 aromatic heterocycles. The van der Waals surface area contributed by atoms with E-state index in [4.69, 9.17) is 11.6 Å². The Morgan fingerprint density at radius 1 is 1.19 bits per heavy atom. The molecule has 0 fully saturated rings. The summed E-state index contributed by atoms with van der Waals surface area (Å²) in [6, 6.07) is 11.7. The van der Waals surface area contributed by atoms with E-state index in [2.05, 4.69) is 32.9 Å². The summed E-state index contributed by atoms with van der Waals surface area (Å²) in [7, 11) is 0. The smallest absolute Gasteiger partial charge is 0.139 e. The molecular formula is C12H10ClIN2. The minimum atomic E-state index is 0.754. The van der Waals surface area contributed by atoms with Crippen molar-refractivity contribution in [3.05, 3.63) is 56.8 Å². The second-order valence-electron chi connectivity index (χ2n) is 3.31. The molecule has 0 saturated heterocycles. The monoisotopic (exact) mass is 344 g/mol. The molecule has 1 heterocycles. The molecule has 1 aromatic carbocycles. The third-order valence-corrected chi connectivity index (χ3v) is 3.25. The van der Waals surface area contributed by atoms with Gasteiger partial charge in [-0.05, 0) is 52.4 Å². The van der Waals surface area contributed by atoms with Gasteiger partial charge in [-0.2, -0.15) is 0 Å². The number of aromatic nitrogens is 1. The summed E-state index contributed by atoms with van der Waals surface area (Å²) in [6.45, 7) is 0.754. The number of rotatable bonds is 3. The first kappa shape index (κ1) is 11.7. The first-order valence-corrected chi connectivity index (χ1v) is 6.30. The molecule has 0 bridgehead atoms. The molecule has 0 aliphatic rings. The van der Waals surface area contributed by atoms with Gasteiger partial charge >= 0.3 is 0 Å². The molecule has 4 heteroatoms. The number of anilines is 1. The molecular weight excluding hydrogens is 335 g/mol. The minimum absolute atomic E-state index is 0.754. The highest BCUT2D eigenvalue weighted by Crippen LogP contribution is 2.15. The minimum Gasteiger partial charge on any atom is -0.365 e. The van der Waals surface area contributed by atoms with Crippen LogP contribution in [0.1, 0.15) is 5.56 Å². The highest BCUT2D eigenvalue weighted by Gasteiger charge is 1.99. The van der Waals surface area contributed by atoms with Crippen molar-refractivity contribution >= 4 is 40.0 Å². The van der Waals surface area contributed by atoms with E-state index in [1.165, 1.54) is 5.56 Å². The van der Waals surface area contributed by atoms with Crippen LogP contribution in [0.5, 0.6) is 0 Å². The largest absolute Gasteiger partial charge is 0.365 e. The van der Waals surface area contributed by atoms with E-state index in [-0.39, 0.29) is 0 Å². The fourth-order valence-corrected chi connectivity index (χ4v) is 1.97. The molecule has 0 radical (unpaired) electrons. The quantitative estimate of drug-likeness (QED) is 0.853. The van der Waals surface area contributed by atoms with Crippen LogP contribution in [-0.4, -0.2) is 4.98 Å². The average Bonchev–Trinajstić information content (AvgIpc) is 2.30. The number of nitrogens with zero attached hydrogens (tertiary/aromatic N) is 1. The standard InChI is InChI=1S/C12H10ClIN2/c13-10-5-3-9(4-6-10)8-16-12-11(14)2-1-7-15-12/h1-7H,8H2,(H,15,16). The van der Waals surface area contributed by atoms with Crippen LogP contribution < -0.4 is 5.32 Å². The number of hydrogen-bond donors (Lipinski definition) is 1. The van der Waals surface area contributed by atoms with Crippen LogP contribution in [-0.2, 0) is 6.54 Å². The maximum Gasteiger partial charge on any atom is 0.139 e. The average molecular weight is 345 g/mol. The van der Waals surface area contributed by atoms with Crippen LogP contribution in [0.4, 0.5) is 5.82 Å². The predicted molar refractivity (Wildman–Crippen MR) is 75.7 cm³/mol. The third-order valence-electron chi connectivity index (χ3n) is 2.13. The second kappa shape index (κ2) is 5.50. The Labute approximate surface area is 113 Å². The molecule has 0 unspecified atom stereocenters. The molecule has 82 valence electrons. The van der Waals surface area contributed by atoms with E-state index in [0.29, 0.717) is 0 Å². The molecule has 2 rings (SSSR count). The predicted octanol–water partition coefficient (Wildman–Crippen LogP) is 3.95. The van der Waals surface area contributed by atoms with E-state index >= 15 is 0 Å². The Bertz CT molecular complexity index is 471. The lowest BCUT2D eigenvalue weighted by Gasteiger charge is -2.07. The summed E-state index contributed by atoms with van der Waals surface area (Å²) in [5.74, 6) is 0.915. The zero-order valence-corrected chi connectivity index (χ0v) is 11.4. The highest BCUT2D eigenvalue weighted by atomic mass is 127. The fraction of sp³-hybridized carbons (Fsp3) is 0.0833. The van der Waals surface area contributed by atoms with Gasteiger partial charge in [-0.25, -0.2) is 4.98 Å². The van der Waals surface area contributed by atoms with Crippen molar-refractivity contribution in [2.45, 2.75) is 6.54 Å². The van der Waals surface area contributed by atoms with E-state index < -0.39 is 0 Å². The second-order valence-corrected chi connectivity index (χ2v) is 4.91. The summed E-state index contributed by atoms with van der Waals surface area (Å²) >= 11 is 8.08. The number of hydrogen-bond acceptors (Lipinski definition) is 2. The van der Waals surface area contributed by atoms with Crippen molar-refractivity contribution in [3.8, 4) is 0 Å². The Hall–Kier alpha value is -0.810. The highest BCUT2D eigenvalue weighted by molar-refractivity contribution is 14.1. The topological polar surface area (TPSA) is 24.9 Å². The molecule has 0 aliphatic heterocycles. The van der Waals surface area contributed by atoms with Crippen LogP contribution in [0.25, 0.3) is 0 Å². The van der Waals surface area contributed by atoms with Gasteiger partial charge in [0, 0.05) is 17.8 Å². The lowest BCUT2D eigenvalue weighted by Crippen LogP contribution is -2.02. The van der Waals surface area contributed by atoms with Crippen molar-refractivity contribution in [1.29, 1.82) is 0 Å². The Morgan fingerprint density at radius 3 is 2.62 bits per heavy atom. The Kier molecular flexibility index (Phi) is 4.01. The molecule has 0 spiro atoms. The van der Waals surface area contributed by atoms with Crippen LogP contribution in [0.3, 0.4) is 0 Å². The molecule has 2 nitrogen and oxygen atoms in total. The van der Waals surface area contributed by atoms with Crippen LogP contribution in [0.15, 0.2) is 42.6 Å². The summed E-state index contributed by atoms with van der Waals surface area (Å²) in [4.78, 5) is 4.27. The van der Waals surface area contributed by atoms with Gasteiger partial charge in [0.25, 0.3) is 0 Å². The zero-order valence-electron chi connectivity index (χ0n) is 8.45. The molecule has 0 saturated carbocycles. The summed E-state index contributed by atoms with van der Waals surface area (Å²) < 4.78 is 1.12. The van der Waals surface area contributed by atoms with Gasteiger partial charge < -0.3 is 5.32 Å². The zero-order chi connectivity index (χ0) is 11.4. The van der Waals surface area contributed by atoms with Gasteiger partial charge in [0.15, 0.2) is 0 Å². The normalized spacial score (nSPS) is 10.1. The van der Waals surface area contributed by atoms with Crippen LogP contribution in [0, 0.1) is 3.57 Å². The molecule has 1 N–H and O–H groups in total. The van der Waals surface area contributed by atoms with Gasteiger partial charge in [0.05, 0.1) is 3.57 Å². The maximum absolute atomic E-state index is 5.82. The van der Waals surface area contributed by atoms with Crippen molar-refractivity contribution in [1.82, 2.24) is 4.98 Å². The van der Waals surface area contributed by atoms with E-state index in [1.807, 2.05) is 36.4 Å². The number of pyridine rings is 1. The van der Waals surface area contributed by atoms with Crippen LogP contribution >= 0.6 is 34.2 Å². The van der Waals surface area contributed by atoms with E-state index in [0.717, 1.165) is 21.0 Å². The van der Waals surface area contributed by atoms with Gasteiger partial charge in [-0.15, -0.1) is 0 Å². The van der Waals surface area contributed by atoms with E-state index in [1.54, 1.807) is 6.20 Å². The van der Waals surface area contributed by atoms with Crippen LogP contribution in [0.2, 0.25) is 5.02 Å².